The fraction of sp³-hybridized carbons (Fsp3) is 0.174. The Labute approximate surface area is 191 Å². The van der Waals surface area contributed by atoms with E-state index < -0.39 is 15.8 Å². The van der Waals surface area contributed by atoms with Crippen LogP contribution in [0.4, 0.5) is 10.1 Å². The summed E-state index contributed by atoms with van der Waals surface area (Å²) in [7, 11) is -0.674. The molecule has 3 rings (SSSR count). The Bertz CT molecular complexity index is 1220. The Hall–Kier alpha value is -3.10. The van der Waals surface area contributed by atoms with E-state index in [0.717, 1.165) is 29.5 Å². The number of sulfonamides is 1. The third kappa shape index (κ3) is 5.20. The van der Waals surface area contributed by atoms with Gasteiger partial charge in [0, 0.05) is 18.3 Å². The molecule has 0 aromatic heterocycles. The van der Waals surface area contributed by atoms with Crippen molar-refractivity contribution in [2.45, 2.75) is 17.9 Å². The van der Waals surface area contributed by atoms with Gasteiger partial charge in [-0.1, -0.05) is 23.7 Å². The van der Waals surface area contributed by atoms with Gasteiger partial charge in [0.15, 0.2) is 0 Å². The third-order valence-electron chi connectivity index (χ3n) is 5.08. The van der Waals surface area contributed by atoms with Crippen molar-refractivity contribution in [1.82, 2.24) is 4.90 Å². The summed E-state index contributed by atoms with van der Waals surface area (Å²) in [5.74, 6) is -0.189. The lowest BCUT2D eigenvalue weighted by Crippen LogP contribution is -2.29. The van der Waals surface area contributed by atoms with Crippen LogP contribution in [0.2, 0.25) is 5.02 Å². The highest BCUT2D eigenvalue weighted by Gasteiger charge is 2.20. The summed E-state index contributed by atoms with van der Waals surface area (Å²) >= 11 is 5.68. The summed E-state index contributed by atoms with van der Waals surface area (Å²) in [6.45, 7) is 1.91. The van der Waals surface area contributed by atoms with Gasteiger partial charge in [0.25, 0.3) is 15.9 Å². The summed E-state index contributed by atoms with van der Waals surface area (Å²) in [5, 5.41) is -0.289. The van der Waals surface area contributed by atoms with Gasteiger partial charge >= 0.3 is 0 Å². The van der Waals surface area contributed by atoms with E-state index in [1.165, 1.54) is 24.3 Å². The van der Waals surface area contributed by atoms with Crippen LogP contribution in [0.25, 0.3) is 0 Å². The van der Waals surface area contributed by atoms with Gasteiger partial charge in [-0.15, -0.1) is 0 Å². The Morgan fingerprint density at radius 2 is 1.69 bits per heavy atom. The largest absolute Gasteiger partial charge is 0.497 e. The zero-order chi connectivity index (χ0) is 23.5. The molecular formula is C23H22ClFN2O4S. The molecule has 1 amide bonds. The lowest BCUT2D eigenvalue weighted by Gasteiger charge is -2.25. The number of rotatable bonds is 7. The molecule has 32 heavy (non-hydrogen) atoms. The standard InChI is InChI=1S/C23H22ClFN2O4S/c1-15(16-6-10-19(31-3)11-7-16)27(2)23(28)17-4-8-18(9-5-17)26-32(29,30)20-12-13-22(25)21(24)14-20/h4-15,26H,1-3H3. The number of carbonyl (C=O) groups is 1. The maximum atomic E-state index is 13.3. The van der Waals surface area contributed by atoms with Gasteiger partial charge in [0.2, 0.25) is 0 Å². The number of hydrogen-bond donors (Lipinski definition) is 1. The zero-order valence-electron chi connectivity index (χ0n) is 17.7. The van der Waals surface area contributed by atoms with Crippen LogP contribution < -0.4 is 9.46 Å². The molecule has 0 fully saturated rings. The highest BCUT2D eigenvalue weighted by molar-refractivity contribution is 7.92. The molecule has 0 spiro atoms. The van der Waals surface area contributed by atoms with Gasteiger partial charge in [0.05, 0.1) is 23.1 Å². The molecular weight excluding hydrogens is 455 g/mol. The molecule has 0 radical (unpaired) electrons. The van der Waals surface area contributed by atoms with E-state index in [4.69, 9.17) is 16.3 Å². The van der Waals surface area contributed by atoms with Crippen molar-refractivity contribution < 1.29 is 22.3 Å². The number of ether oxygens (including phenoxy) is 1. The monoisotopic (exact) mass is 476 g/mol. The molecule has 0 heterocycles. The van der Waals surface area contributed by atoms with Crippen LogP contribution in [0.5, 0.6) is 5.75 Å². The maximum absolute atomic E-state index is 13.3. The fourth-order valence-corrected chi connectivity index (χ4v) is 4.35. The average Bonchev–Trinajstić information content (AvgIpc) is 2.79. The second-order valence-corrected chi connectivity index (χ2v) is 9.21. The average molecular weight is 477 g/mol. The van der Waals surface area contributed by atoms with Crippen molar-refractivity contribution in [2.75, 3.05) is 18.9 Å². The third-order valence-corrected chi connectivity index (χ3v) is 6.75. The summed E-state index contributed by atoms with van der Waals surface area (Å²) < 4.78 is 45.9. The van der Waals surface area contributed by atoms with Crippen LogP contribution in [0.1, 0.15) is 28.9 Å². The first-order valence-corrected chi connectivity index (χ1v) is 11.5. The van der Waals surface area contributed by atoms with Crippen LogP contribution in [0.3, 0.4) is 0 Å². The summed E-state index contributed by atoms with van der Waals surface area (Å²) in [6.07, 6.45) is 0. The molecule has 1 atom stereocenters. The van der Waals surface area contributed by atoms with E-state index >= 15 is 0 Å². The first-order chi connectivity index (χ1) is 15.1. The number of nitrogens with zero attached hydrogens (tertiary/aromatic N) is 1. The van der Waals surface area contributed by atoms with Crippen molar-refractivity contribution in [2.24, 2.45) is 0 Å². The molecule has 168 valence electrons. The lowest BCUT2D eigenvalue weighted by molar-refractivity contribution is 0.0742. The number of nitrogens with one attached hydrogen (secondary N) is 1. The van der Waals surface area contributed by atoms with Gasteiger partial charge in [-0.05, 0) is 67.1 Å². The number of anilines is 1. The normalized spacial score (nSPS) is 12.2. The molecule has 1 unspecified atom stereocenters. The van der Waals surface area contributed by atoms with Crippen molar-refractivity contribution in [1.29, 1.82) is 0 Å². The van der Waals surface area contributed by atoms with Crippen LogP contribution in [0, 0.1) is 5.82 Å². The molecule has 3 aromatic carbocycles. The predicted molar refractivity (Wildman–Crippen MR) is 122 cm³/mol. The van der Waals surface area contributed by atoms with Crippen LogP contribution in [-0.4, -0.2) is 33.4 Å². The molecule has 0 bridgehead atoms. The van der Waals surface area contributed by atoms with Crippen LogP contribution in [-0.2, 0) is 10.0 Å². The molecule has 0 saturated carbocycles. The number of methoxy groups -OCH3 is 1. The SMILES string of the molecule is COc1ccc(C(C)N(C)C(=O)c2ccc(NS(=O)(=O)c3ccc(F)c(Cl)c3)cc2)cc1. The first kappa shape index (κ1) is 23.6. The zero-order valence-corrected chi connectivity index (χ0v) is 19.2. The van der Waals surface area contributed by atoms with Gasteiger partial charge in [0.1, 0.15) is 11.6 Å². The minimum atomic E-state index is -3.96. The Morgan fingerprint density at radius 1 is 1.06 bits per heavy atom. The van der Waals surface area contributed by atoms with Crippen molar-refractivity contribution in [3.8, 4) is 5.75 Å². The topological polar surface area (TPSA) is 75.7 Å². The quantitative estimate of drug-likeness (QED) is 0.513. The van der Waals surface area contributed by atoms with E-state index in [-0.39, 0.29) is 27.6 Å². The summed E-state index contributed by atoms with van der Waals surface area (Å²) in [5.41, 5.74) is 1.61. The predicted octanol–water partition coefficient (Wildman–Crippen LogP) is 5.12. The van der Waals surface area contributed by atoms with Gasteiger partial charge in [-0.3, -0.25) is 9.52 Å². The van der Waals surface area contributed by atoms with Crippen molar-refractivity contribution in [3.63, 3.8) is 0 Å². The highest BCUT2D eigenvalue weighted by Crippen LogP contribution is 2.25. The molecule has 0 aliphatic rings. The van der Waals surface area contributed by atoms with Crippen molar-refractivity contribution >= 4 is 33.2 Å². The smallest absolute Gasteiger partial charge is 0.261 e. The van der Waals surface area contributed by atoms with Gasteiger partial charge in [-0.2, -0.15) is 0 Å². The van der Waals surface area contributed by atoms with E-state index in [1.807, 2.05) is 31.2 Å². The second-order valence-electron chi connectivity index (χ2n) is 7.12. The van der Waals surface area contributed by atoms with Crippen LogP contribution >= 0.6 is 11.6 Å². The molecule has 0 saturated heterocycles. The number of halogens is 2. The van der Waals surface area contributed by atoms with Crippen molar-refractivity contribution in [3.05, 3.63) is 88.7 Å². The second kappa shape index (κ2) is 9.58. The molecule has 0 aliphatic heterocycles. The maximum Gasteiger partial charge on any atom is 0.261 e. The fourth-order valence-electron chi connectivity index (χ4n) is 3.02. The lowest BCUT2D eigenvalue weighted by atomic mass is 10.1. The van der Waals surface area contributed by atoms with E-state index in [2.05, 4.69) is 4.72 Å². The van der Waals surface area contributed by atoms with Gasteiger partial charge < -0.3 is 9.64 Å². The minimum Gasteiger partial charge on any atom is -0.497 e. The minimum absolute atomic E-state index is 0.169. The summed E-state index contributed by atoms with van der Waals surface area (Å²) in [6, 6.07) is 16.5. The van der Waals surface area contributed by atoms with Crippen LogP contribution in [0.15, 0.2) is 71.6 Å². The number of benzene rings is 3. The van der Waals surface area contributed by atoms with E-state index in [9.17, 15) is 17.6 Å². The number of carbonyl (C=O) groups excluding carboxylic acids is 1. The molecule has 0 aliphatic carbocycles. The molecule has 6 nitrogen and oxygen atoms in total. The van der Waals surface area contributed by atoms with E-state index in [1.54, 1.807) is 19.1 Å². The Kier molecular flexibility index (Phi) is 7.06. The van der Waals surface area contributed by atoms with Gasteiger partial charge in [-0.25, -0.2) is 12.8 Å². The molecule has 9 heteroatoms. The van der Waals surface area contributed by atoms with E-state index in [0.29, 0.717) is 5.56 Å². The Balaban J connectivity index is 1.72. The first-order valence-electron chi connectivity index (χ1n) is 9.61. The highest BCUT2D eigenvalue weighted by atomic mass is 35.5. The molecule has 1 N–H and O–H groups in total. The number of amides is 1. The Morgan fingerprint density at radius 3 is 2.25 bits per heavy atom. The number of hydrogen-bond acceptors (Lipinski definition) is 4. The molecule has 3 aromatic rings. The summed E-state index contributed by atoms with van der Waals surface area (Å²) in [4.78, 5) is 14.3.